The number of rotatable bonds is 2. The molecule has 0 N–H and O–H groups in total. The first-order valence-electron chi connectivity index (χ1n) is 4.90. The summed E-state index contributed by atoms with van der Waals surface area (Å²) < 4.78 is 7.26. The third-order valence-corrected chi connectivity index (χ3v) is 3.21. The van der Waals surface area contributed by atoms with Crippen molar-refractivity contribution in [2.45, 2.75) is 0 Å². The van der Waals surface area contributed by atoms with E-state index < -0.39 is 5.97 Å². The van der Waals surface area contributed by atoms with Crippen molar-refractivity contribution < 1.29 is 14.3 Å². The Morgan fingerprint density at radius 3 is 2.76 bits per heavy atom. The topological polar surface area (TPSA) is 48.3 Å². The molecule has 0 saturated carbocycles. The third-order valence-electron chi connectivity index (χ3n) is 2.61. The molecule has 1 heterocycles. The van der Waals surface area contributed by atoms with Crippen molar-refractivity contribution in [1.82, 2.24) is 4.57 Å². The second kappa shape index (κ2) is 4.33. The van der Waals surface area contributed by atoms with Gasteiger partial charge in [-0.2, -0.15) is 0 Å². The molecule has 0 unspecified atom stereocenters. The van der Waals surface area contributed by atoms with Crippen LogP contribution >= 0.6 is 15.9 Å². The van der Waals surface area contributed by atoms with Crippen LogP contribution in [0.15, 0.2) is 22.8 Å². The Hall–Kier alpha value is -1.62. The lowest BCUT2D eigenvalue weighted by atomic mass is 10.1. The van der Waals surface area contributed by atoms with Gasteiger partial charge >= 0.3 is 5.97 Å². The van der Waals surface area contributed by atoms with Gasteiger partial charge in [-0.25, -0.2) is 4.79 Å². The second-order valence-electron chi connectivity index (χ2n) is 3.66. The van der Waals surface area contributed by atoms with Crippen LogP contribution in [0.5, 0.6) is 0 Å². The average Bonchev–Trinajstić information content (AvgIpc) is 2.65. The molecule has 1 aromatic heterocycles. The van der Waals surface area contributed by atoms with E-state index in [0.717, 1.165) is 21.7 Å². The summed E-state index contributed by atoms with van der Waals surface area (Å²) in [5.41, 5.74) is 1.84. The first kappa shape index (κ1) is 11.9. The van der Waals surface area contributed by atoms with Crippen LogP contribution in [0.25, 0.3) is 10.9 Å². The lowest BCUT2D eigenvalue weighted by Gasteiger charge is -2.03. The molecule has 0 amide bonds. The van der Waals surface area contributed by atoms with Crippen molar-refractivity contribution in [3.63, 3.8) is 0 Å². The minimum atomic E-state index is -0.423. The SMILES string of the molecule is COC(=O)c1cc(Br)c2c(c1)c(C=O)cn2C. The third kappa shape index (κ3) is 1.86. The van der Waals surface area contributed by atoms with Gasteiger partial charge in [0.15, 0.2) is 6.29 Å². The molecular weight excluding hydrogens is 286 g/mol. The van der Waals surface area contributed by atoms with E-state index in [2.05, 4.69) is 20.7 Å². The van der Waals surface area contributed by atoms with E-state index in [4.69, 9.17) is 0 Å². The highest BCUT2D eigenvalue weighted by atomic mass is 79.9. The number of halogens is 1. The van der Waals surface area contributed by atoms with E-state index in [0.29, 0.717) is 11.1 Å². The van der Waals surface area contributed by atoms with Crippen LogP contribution in [-0.4, -0.2) is 23.9 Å². The maximum atomic E-state index is 11.5. The fourth-order valence-corrected chi connectivity index (χ4v) is 2.59. The number of carbonyl (C=O) groups excluding carboxylic acids is 2. The maximum absolute atomic E-state index is 11.5. The highest BCUT2D eigenvalue weighted by Gasteiger charge is 2.14. The fourth-order valence-electron chi connectivity index (χ4n) is 1.85. The number of hydrogen-bond donors (Lipinski definition) is 0. The molecule has 0 spiro atoms. The van der Waals surface area contributed by atoms with E-state index >= 15 is 0 Å². The van der Waals surface area contributed by atoms with Gasteiger partial charge in [-0.05, 0) is 28.1 Å². The van der Waals surface area contributed by atoms with Gasteiger partial charge in [0.25, 0.3) is 0 Å². The largest absolute Gasteiger partial charge is 0.465 e. The molecule has 0 bridgehead atoms. The van der Waals surface area contributed by atoms with Gasteiger partial charge in [0.2, 0.25) is 0 Å². The van der Waals surface area contributed by atoms with E-state index in [1.807, 2.05) is 11.6 Å². The number of fused-ring (bicyclic) bond motifs is 1. The fraction of sp³-hybridized carbons (Fsp3) is 0.167. The van der Waals surface area contributed by atoms with Gasteiger partial charge in [-0.3, -0.25) is 4.79 Å². The molecule has 0 fully saturated rings. The normalized spacial score (nSPS) is 10.5. The minimum Gasteiger partial charge on any atom is -0.465 e. The van der Waals surface area contributed by atoms with Crippen molar-refractivity contribution in [3.8, 4) is 0 Å². The Balaban J connectivity index is 2.79. The summed E-state index contributed by atoms with van der Waals surface area (Å²) in [6.45, 7) is 0. The highest BCUT2D eigenvalue weighted by molar-refractivity contribution is 9.10. The quantitative estimate of drug-likeness (QED) is 0.632. The van der Waals surface area contributed by atoms with Crippen LogP contribution in [0, 0.1) is 0 Å². The van der Waals surface area contributed by atoms with Crippen LogP contribution < -0.4 is 0 Å². The van der Waals surface area contributed by atoms with Crippen molar-refractivity contribution in [2.24, 2.45) is 7.05 Å². The van der Waals surface area contributed by atoms with Crippen molar-refractivity contribution in [2.75, 3.05) is 7.11 Å². The summed E-state index contributed by atoms with van der Waals surface area (Å²) in [6, 6.07) is 3.35. The number of benzene rings is 1. The first-order valence-corrected chi connectivity index (χ1v) is 5.70. The van der Waals surface area contributed by atoms with Crippen LogP contribution in [0.2, 0.25) is 0 Å². The van der Waals surface area contributed by atoms with Crippen LogP contribution in [0.4, 0.5) is 0 Å². The molecule has 0 atom stereocenters. The molecule has 2 aromatic rings. The lowest BCUT2D eigenvalue weighted by Crippen LogP contribution is -2.01. The van der Waals surface area contributed by atoms with Gasteiger partial charge in [0.05, 0.1) is 18.2 Å². The van der Waals surface area contributed by atoms with Crippen LogP contribution in [0.1, 0.15) is 20.7 Å². The second-order valence-corrected chi connectivity index (χ2v) is 4.51. The number of nitrogens with zero attached hydrogens (tertiary/aromatic N) is 1. The Kier molecular flexibility index (Phi) is 3.02. The Labute approximate surface area is 106 Å². The van der Waals surface area contributed by atoms with Crippen molar-refractivity contribution in [3.05, 3.63) is 33.9 Å². The summed E-state index contributed by atoms with van der Waals surface area (Å²) in [6.07, 6.45) is 2.50. The molecule has 1 aromatic carbocycles. The molecular formula is C12H10BrNO3. The van der Waals surface area contributed by atoms with E-state index in [-0.39, 0.29) is 0 Å². The average molecular weight is 296 g/mol. The molecule has 4 nitrogen and oxygen atoms in total. The van der Waals surface area contributed by atoms with E-state index in [1.54, 1.807) is 18.3 Å². The smallest absolute Gasteiger partial charge is 0.337 e. The Bertz CT molecular complexity index is 616. The summed E-state index contributed by atoms with van der Waals surface area (Å²) in [5, 5.41) is 0.734. The van der Waals surface area contributed by atoms with E-state index in [1.165, 1.54) is 7.11 Å². The maximum Gasteiger partial charge on any atom is 0.337 e. The first-order chi connectivity index (χ1) is 8.08. The number of aldehydes is 1. The van der Waals surface area contributed by atoms with E-state index in [9.17, 15) is 9.59 Å². The van der Waals surface area contributed by atoms with Gasteiger partial charge in [0, 0.05) is 28.7 Å². The van der Waals surface area contributed by atoms with Crippen molar-refractivity contribution in [1.29, 1.82) is 0 Å². The summed E-state index contributed by atoms with van der Waals surface area (Å²) in [4.78, 5) is 22.4. The number of aryl methyl sites for hydroxylation is 1. The summed E-state index contributed by atoms with van der Waals surface area (Å²) >= 11 is 3.39. The highest BCUT2D eigenvalue weighted by Crippen LogP contribution is 2.29. The van der Waals surface area contributed by atoms with Crippen molar-refractivity contribution >= 4 is 39.1 Å². The number of ether oxygens (including phenoxy) is 1. The number of esters is 1. The molecule has 17 heavy (non-hydrogen) atoms. The molecule has 0 saturated heterocycles. The van der Waals surface area contributed by atoms with Gasteiger partial charge in [-0.1, -0.05) is 0 Å². The standard InChI is InChI=1S/C12H10BrNO3/c1-14-5-8(6-15)9-3-7(12(16)17-2)4-10(13)11(9)14/h3-6H,1-2H3. The van der Waals surface area contributed by atoms with Crippen LogP contribution in [-0.2, 0) is 11.8 Å². The van der Waals surface area contributed by atoms with Gasteiger partial charge < -0.3 is 9.30 Å². The minimum absolute atomic E-state index is 0.418. The zero-order chi connectivity index (χ0) is 12.6. The number of carbonyl (C=O) groups is 2. The molecule has 5 heteroatoms. The molecule has 0 aliphatic carbocycles. The predicted molar refractivity (Wildman–Crippen MR) is 67.3 cm³/mol. The zero-order valence-corrected chi connectivity index (χ0v) is 10.9. The molecule has 88 valence electrons. The summed E-state index contributed by atoms with van der Waals surface area (Å²) in [5.74, 6) is -0.423. The predicted octanol–water partition coefficient (Wildman–Crippen LogP) is 2.54. The molecule has 0 aliphatic heterocycles. The zero-order valence-electron chi connectivity index (χ0n) is 9.36. The number of methoxy groups -OCH3 is 1. The van der Waals surface area contributed by atoms with Crippen LogP contribution in [0.3, 0.4) is 0 Å². The summed E-state index contributed by atoms with van der Waals surface area (Å²) in [7, 11) is 3.17. The van der Waals surface area contributed by atoms with Gasteiger partial charge in [0.1, 0.15) is 0 Å². The molecule has 0 radical (unpaired) electrons. The Morgan fingerprint density at radius 1 is 1.47 bits per heavy atom. The molecule has 2 rings (SSSR count). The number of hydrogen-bond acceptors (Lipinski definition) is 3. The molecule has 0 aliphatic rings. The Morgan fingerprint density at radius 2 is 2.18 bits per heavy atom. The number of aromatic nitrogens is 1. The van der Waals surface area contributed by atoms with Gasteiger partial charge in [-0.15, -0.1) is 0 Å². The lowest BCUT2D eigenvalue weighted by molar-refractivity contribution is 0.0600. The monoisotopic (exact) mass is 295 g/mol.